The third-order valence-corrected chi connectivity index (χ3v) is 23.4. The van der Waals surface area contributed by atoms with Crippen LogP contribution in [0.1, 0.15) is 387 Å². The van der Waals surface area contributed by atoms with Crippen LogP contribution < -0.4 is 0 Å². The number of carbonyl (C=O) groups excluding carboxylic acids is 4. The molecule has 3 aliphatic rings. The number of allylic oxidation sites excluding steroid dienone is 4. The fourth-order valence-electron chi connectivity index (χ4n) is 15.1. The van der Waals surface area contributed by atoms with Gasteiger partial charge in [-0.2, -0.15) is 0 Å². The zero-order valence-corrected chi connectivity index (χ0v) is 72.5. The average molecular weight is 1660 g/mol. The molecule has 674 valence electrons. The predicted molar refractivity (Wildman–Crippen MR) is 444 cm³/mol. The molecule has 10 N–H and O–H groups in total. The second-order valence-corrected chi connectivity index (χ2v) is 34.2. The maximum absolute atomic E-state index is 14.9. The Morgan fingerprint density at radius 1 is 0.339 bits per heavy atom. The normalized spacial score (nSPS) is 25.3. The Balaban J connectivity index is 1.93. The fourth-order valence-corrected chi connectivity index (χ4v) is 16.0. The quantitative estimate of drug-likeness (QED) is 0.00889. The largest absolute Gasteiger partial charge is 0.472 e. The van der Waals surface area contributed by atoms with Crippen molar-refractivity contribution in [3.05, 3.63) is 24.3 Å². The van der Waals surface area contributed by atoms with E-state index in [1.807, 2.05) is 0 Å². The van der Waals surface area contributed by atoms with Crippen LogP contribution >= 0.6 is 7.82 Å². The van der Waals surface area contributed by atoms with Crippen LogP contribution in [0.3, 0.4) is 0 Å². The topological polar surface area (TPSA) is 380 Å². The van der Waals surface area contributed by atoms with Crippen molar-refractivity contribution in [3.8, 4) is 0 Å². The lowest BCUT2D eigenvalue weighted by atomic mass is 9.84. The highest BCUT2D eigenvalue weighted by Crippen LogP contribution is 2.49. The van der Waals surface area contributed by atoms with E-state index < -0.39 is 162 Å². The molecule has 1 saturated carbocycles. The second kappa shape index (κ2) is 68.5. The molecule has 18 unspecified atom stereocenters. The van der Waals surface area contributed by atoms with Crippen LogP contribution in [0, 0.1) is 0 Å². The summed E-state index contributed by atoms with van der Waals surface area (Å²) in [6.45, 7) is 5.55. The fraction of sp³-hybridized carbons (Fsp3) is 0.910. The van der Waals surface area contributed by atoms with Gasteiger partial charge in [-0.05, 0) is 77.0 Å². The summed E-state index contributed by atoms with van der Waals surface area (Å²) in [5, 5.41) is 102. The Morgan fingerprint density at radius 3 is 1.04 bits per heavy atom. The molecule has 115 heavy (non-hydrogen) atoms. The molecule has 2 heterocycles. The van der Waals surface area contributed by atoms with Crippen molar-refractivity contribution in [1.29, 1.82) is 0 Å². The molecule has 0 aromatic rings. The maximum atomic E-state index is 14.9. The van der Waals surface area contributed by atoms with E-state index in [1.165, 1.54) is 173 Å². The van der Waals surface area contributed by atoms with Crippen molar-refractivity contribution in [3.63, 3.8) is 0 Å². The number of phosphoric acid groups is 1. The number of phosphoric ester groups is 1. The Morgan fingerprint density at radius 2 is 0.652 bits per heavy atom. The van der Waals surface area contributed by atoms with E-state index >= 15 is 0 Å². The first-order chi connectivity index (χ1) is 55.7. The Labute approximate surface area is 692 Å². The Bertz CT molecular complexity index is 2490. The van der Waals surface area contributed by atoms with Gasteiger partial charge in [-0.1, -0.05) is 309 Å². The minimum Gasteiger partial charge on any atom is -0.463 e. The maximum Gasteiger partial charge on any atom is 0.472 e. The zero-order chi connectivity index (χ0) is 84.0. The molecule has 18 atom stereocenters. The molecule has 25 nitrogen and oxygen atoms in total. The van der Waals surface area contributed by atoms with Gasteiger partial charge in [0.2, 0.25) is 0 Å². The molecule has 1 aliphatic carbocycles. The molecule has 0 aromatic heterocycles. The monoisotopic (exact) mass is 1660 g/mol. The van der Waals surface area contributed by atoms with Gasteiger partial charge in [0.25, 0.3) is 0 Å². The highest BCUT2D eigenvalue weighted by Gasteiger charge is 2.60. The summed E-state index contributed by atoms with van der Waals surface area (Å²) in [4.78, 5) is 66.3. The Hall–Kier alpha value is -3.05. The lowest BCUT2D eigenvalue weighted by molar-refractivity contribution is -0.360. The molecule has 2 aliphatic heterocycles. The smallest absolute Gasteiger partial charge is 0.463 e. The first-order valence-electron chi connectivity index (χ1n) is 46.1. The van der Waals surface area contributed by atoms with E-state index in [-0.39, 0.29) is 32.1 Å². The number of esters is 4. The van der Waals surface area contributed by atoms with E-state index in [9.17, 15) is 74.6 Å². The molecule has 0 bridgehead atoms. The van der Waals surface area contributed by atoms with Gasteiger partial charge < -0.3 is 88.7 Å². The average Bonchev–Trinajstić information content (AvgIpc) is 0.754. The van der Waals surface area contributed by atoms with E-state index in [4.69, 9.17) is 46.9 Å². The standard InChI is InChI=1S/C89H163O25P/c1-5-9-13-17-21-25-29-33-35-39-42-46-50-54-58-62-73(92)106-68-71-77(96)79(98)83(102)89(110-71)113-86-84(111-75(94)64-60-56-52-48-43-38-32-28-24-20-16-12-8-4)80(99)81(100)85(112-88-82(101)78(97)76(95)70(65-90)109-88)87(86)114-115(103,104)107-67-69(66-105-72(91)61-57-53-49-45-41-37-31-27-23-19-15-11-7-3)108-74(93)63-59-55-51-47-44-40-36-34-30-26-22-18-14-10-6-2/h37-38,41,43,69-71,76-90,95-102H,5-36,39-40,42,44-68H2,1-4H3,(H,103,104)/b41-37-,43-38-. The number of aliphatic hydroxyl groups excluding tert-OH is 9. The van der Waals surface area contributed by atoms with Gasteiger partial charge in [0.05, 0.1) is 13.2 Å². The van der Waals surface area contributed by atoms with Crippen LogP contribution in [-0.4, -0.2) is 205 Å². The van der Waals surface area contributed by atoms with Gasteiger partial charge in [-0.25, -0.2) is 4.57 Å². The minimum absolute atomic E-state index is 0.0143. The molecule has 3 fully saturated rings. The van der Waals surface area contributed by atoms with Crippen molar-refractivity contribution in [1.82, 2.24) is 0 Å². The lowest BCUT2D eigenvalue weighted by Gasteiger charge is -2.50. The number of hydrogen-bond donors (Lipinski definition) is 10. The summed E-state index contributed by atoms with van der Waals surface area (Å²) in [7, 11) is -5.81. The molecule has 0 spiro atoms. The number of hydrogen-bond acceptors (Lipinski definition) is 24. The van der Waals surface area contributed by atoms with Crippen LogP contribution in [0.25, 0.3) is 0 Å². The molecule has 2 saturated heterocycles. The van der Waals surface area contributed by atoms with E-state index in [0.717, 1.165) is 122 Å². The highest BCUT2D eigenvalue weighted by atomic mass is 31.2. The SMILES string of the molecule is CCCCCCCC/C=C\CCCCCC(=O)OCC(COP(=O)(O)OC1C(OC2OC(CO)C(O)C(O)C2O)C(O)C(O)C(OC(=O)CCCCC/C=C\CCCCCCCC)C1OC1OC(COC(=O)CCCCCCCCCCCCCCCCC)C(O)C(O)C1O)OC(=O)CCCCCCCCCCCCCCCCC. The van der Waals surface area contributed by atoms with Crippen molar-refractivity contribution < 1.29 is 122 Å². The molecule has 0 radical (unpaired) electrons. The van der Waals surface area contributed by atoms with Crippen molar-refractivity contribution >= 4 is 31.7 Å². The van der Waals surface area contributed by atoms with Crippen LogP contribution in [0.4, 0.5) is 0 Å². The molecule has 26 heteroatoms. The number of ether oxygens (including phenoxy) is 8. The summed E-state index contributed by atoms with van der Waals surface area (Å²) in [6.07, 6.45) is 27.6. The molecular weight excluding hydrogens is 1500 g/mol. The van der Waals surface area contributed by atoms with Crippen LogP contribution in [0.15, 0.2) is 24.3 Å². The lowest BCUT2D eigenvalue weighted by Crippen LogP contribution is -2.70. The first-order valence-corrected chi connectivity index (χ1v) is 47.6. The van der Waals surface area contributed by atoms with Gasteiger partial charge >= 0.3 is 31.7 Å². The molecule has 0 aromatic carbocycles. The summed E-state index contributed by atoms with van der Waals surface area (Å²) in [6, 6.07) is 0. The van der Waals surface area contributed by atoms with Crippen LogP contribution in [0.2, 0.25) is 0 Å². The highest BCUT2D eigenvalue weighted by molar-refractivity contribution is 7.47. The predicted octanol–water partition coefficient (Wildman–Crippen LogP) is 16.5. The van der Waals surface area contributed by atoms with Gasteiger partial charge in [0, 0.05) is 25.7 Å². The van der Waals surface area contributed by atoms with Gasteiger partial charge in [-0.3, -0.25) is 28.2 Å². The second-order valence-electron chi connectivity index (χ2n) is 32.8. The summed E-state index contributed by atoms with van der Waals surface area (Å²) in [5.74, 6) is -3.00. The van der Waals surface area contributed by atoms with Crippen molar-refractivity contribution in [2.75, 3.05) is 26.4 Å². The summed E-state index contributed by atoms with van der Waals surface area (Å²) < 4.78 is 73.3. The number of rotatable bonds is 74. The molecular formula is C89H163O25P. The third kappa shape index (κ3) is 49.0. The van der Waals surface area contributed by atoms with Crippen molar-refractivity contribution in [2.45, 2.75) is 491 Å². The van der Waals surface area contributed by atoms with E-state index in [0.29, 0.717) is 32.1 Å². The van der Waals surface area contributed by atoms with Crippen LogP contribution in [0.5, 0.6) is 0 Å². The molecule has 0 amide bonds. The summed E-state index contributed by atoms with van der Waals surface area (Å²) >= 11 is 0. The van der Waals surface area contributed by atoms with Crippen LogP contribution in [-0.2, 0) is 70.7 Å². The summed E-state index contributed by atoms with van der Waals surface area (Å²) in [5.41, 5.74) is 0. The minimum atomic E-state index is -5.81. The van der Waals surface area contributed by atoms with E-state index in [2.05, 4.69) is 52.0 Å². The number of carbonyl (C=O) groups is 4. The van der Waals surface area contributed by atoms with E-state index in [1.54, 1.807) is 0 Å². The van der Waals surface area contributed by atoms with Gasteiger partial charge in [-0.15, -0.1) is 0 Å². The van der Waals surface area contributed by atoms with Gasteiger partial charge in [0.1, 0.15) is 92.6 Å². The molecule has 3 rings (SSSR count). The third-order valence-electron chi connectivity index (χ3n) is 22.4. The number of unbranched alkanes of at least 4 members (excludes halogenated alkanes) is 46. The number of aliphatic hydroxyl groups is 9. The Kier molecular flexibility index (Phi) is 63.2. The van der Waals surface area contributed by atoms with Gasteiger partial charge in [0.15, 0.2) is 24.8 Å². The first kappa shape index (κ1) is 106. The zero-order valence-electron chi connectivity index (χ0n) is 71.6. The van der Waals surface area contributed by atoms with Crippen molar-refractivity contribution in [2.24, 2.45) is 0 Å².